The first kappa shape index (κ1) is 18.7. The van der Waals surface area contributed by atoms with Gasteiger partial charge in [-0.15, -0.1) is 0 Å². The summed E-state index contributed by atoms with van der Waals surface area (Å²) in [5.74, 6) is 1.53. The van der Waals surface area contributed by atoms with Crippen LogP contribution in [0.25, 0.3) is 0 Å². The van der Waals surface area contributed by atoms with E-state index in [1.54, 1.807) is 25.4 Å². The summed E-state index contributed by atoms with van der Waals surface area (Å²) in [4.78, 5) is 16.5. The van der Waals surface area contributed by atoms with Gasteiger partial charge in [-0.1, -0.05) is 32.9 Å². The highest BCUT2D eigenvalue weighted by Gasteiger charge is 2.27. The third-order valence-electron chi connectivity index (χ3n) is 3.77. The molecule has 0 aliphatic carbocycles. The Morgan fingerprint density at radius 1 is 1.24 bits per heavy atom. The number of nitrogens with zero attached hydrogens (tertiary/aromatic N) is 1. The number of carbonyl (C=O) groups is 1. The predicted molar refractivity (Wildman–Crippen MR) is 96.6 cm³/mol. The van der Waals surface area contributed by atoms with Crippen molar-refractivity contribution in [3.05, 3.63) is 48.2 Å². The van der Waals surface area contributed by atoms with Gasteiger partial charge in [-0.3, -0.25) is 4.79 Å². The smallest absolute Gasteiger partial charge is 0.237 e. The number of amides is 1. The van der Waals surface area contributed by atoms with Crippen molar-refractivity contribution in [2.45, 2.75) is 33.4 Å². The zero-order valence-electron chi connectivity index (χ0n) is 15.1. The van der Waals surface area contributed by atoms with Gasteiger partial charge in [0, 0.05) is 24.4 Å². The molecule has 0 spiro atoms. The minimum Gasteiger partial charge on any atom is -0.497 e. The Bertz CT molecular complexity index is 726. The lowest BCUT2D eigenvalue weighted by molar-refractivity contribution is -0.124. The molecule has 1 amide bonds. The lowest BCUT2D eigenvalue weighted by Gasteiger charge is -2.25. The van der Waals surface area contributed by atoms with Crippen LogP contribution >= 0.6 is 0 Å². The minimum absolute atomic E-state index is 0.205. The summed E-state index contributed by atoms with van der Waals surface area (Å²) in [7, 11) is 1.60. The second-order valence-electron chi connectivity index (χ2n) is 6.81. The van der Waals surface area contributed by atoms with Gasteiger partial charge >= 0.3 is 0 Å². The molecule has 2 rings (SSSR count). The molecule has 6 heteroatoms. The van der Waals surface area contributed by atoms with Gasteiger partial charge < -0.3 is 20.5 Å². The fourth-order valence-corrected chi connectivity index (χ4v) is 2.11. The number of pyridine rings is 1. The second kappa shape index (κ2) is 7.98. The van der Waals surface area contributed by atoms with Crippen molar-refractivity contribution in [3.8, 4) is 17.4 Å². The van der Waals surface area contributed by atoms with Crippen LogP contribution in [0.1, 0.15) is 26.3 Å². The van der Waals surface area contributed by atoms with E-state index in [0.29, 0.717) is 17.4 Å². The van der Waals surface area contributed by atoms with Gasteiger partial charge in [0.2, 0.25) is 11.8 Å². The Kier molecular flexibility index (Phi) is 5.98. The number of carbonyl (C=O) groups excluding carboxylic acids is 1. The molecule has 6 nitrogen and oxygen atoms in total. The van der Waals surface area contributed by atoms with Crippen molar-refractivity contribution in [3.63, 3.8) is 0 Å². The Balaban J connectivity index is 2.09. The normalized spacial score (nSPS) is 12.4. The molecule has 0 fully saturated rings. The van der Waals surface area contributed by atoms with Crippen LogP contribution in [0, 0.1) is 5.41 Å². The largest absolute Gasteiger partial charge is 0.497 e. The van der Waals surface area contributed by atoms with Crippen molar-refractivity contribution in [2.75, 3.05) is 7.11 Å². The van der Waals surface area contributed by atoms with Gasteiger partial charge in [-0.05, 0) is 23.6 Å². The Morgan fingerprint density at radius 2 is 1.96 bits per heavy atom. The number of rotatable bonds is 6. The van der Waals surface area contributed by atoms with E-state index in [1.165, 1.54) is 0 Å². The van der Waals surface area contributed by atoms with E-state index >= 15 is 0 Å². The van der Waals surface area contributed by atoms with E-state index in [2.05, 4.69) is 10.3 Å². The van der Waals surface area contributed by atoms with E-state index in [-0.39, 0.29) is 17.9 Å². The van der Waals surface area contributed by atoms with Crippen molar-refractivity contribution in [1.82, 2.24) is 10.3 Å². The Hall–Kier alpha value is -2.60. The number of aromatic nitrogens is 1. The Labute approximate surface area is 148 Å². The maximum atomic E-state index is 12.2. The first-order valence-corrected chi connectivity index (χ1v) is 8.10. The van der Waals surface area contributed by atoms with E-state index in [4.69, 9.17) is 15.2 Å². The molecular formula is C19H25N3O3. The number of hydrogen-bond acceptors (Lipinski definition) is 5. The molecule has 0 aliphatic heterocycles. The SMILES string of the molecule is COc1cccc(Oc2ncccc2CNC(=O)[C@@H](N)C(C)(C)C)c1. The highest BCUT2D eigenvalue weighted by Crippen LogP contribution is 2.26. The van der Waals surface area contributed by atoms with E-state index < -0.39 is 6.04 Å². The minimum atomic E-state index is -0.591. The highest BCUT2D eigenvalue weighted by atomic mass is 16.5. The van der Waals surface area contributed by atoms with E-state index in [9.17, 15) is 4.79 Å². The van der Waals surface area contributed by atoms with Crippen LogP contribution in [0.5, 0.6) is 17.4 Å². The van der Waals surface area contributed by atoms with E-state index in [1.807, 2.05) is 45.0 Å². The van der Waals surface area contributed by atoms with Crippen LogP contribution in [0.2, 0.25) is 0 Å². The fraction of sp³-hybridized carbons (Fsp3) is 0.368. The molecule has 25 heavy (non-hydrogen) atoms. The average molecular weight is 343 g/mol. The van der Waals surface area contributed by atoms with Gasteiger partial charge in [-0.2, -0.15) is 0 Å². The van der Waals surface area contributed by atoms with Crippen molar-refractivity contribution >= 4 is 5.91 Å². The number of hydrogen-bond donors (Lipinski definition) is 2. The summed E-state index contributed by atoms with van der Waals surface area (Å²) >= 11 is 0. The predicted octanol–water partition coefficient (Wildman–Crippen LogP) is 2.87. The molecule has 2 aromatic rings. The quantitative estimate of drug-likeness (QED) is 0.842. The standard InChI is InChI=1S/C19H25N3O3/c1-19(2,3)16(20)17(23)22-12-13-7-6-10-21-18(13)25-15-9-5-8-14(11-15)24-4/h5-11,16H,12,20H2,1-4H3,(H,22,23)/t16-/m1/s1. The van der Waals surface area contributed by atoms with Gasteiger partial charge in [0.1, 0.15) is 11.5 Å². The topological polar surface area (TPSA) is 86.5 Å². The van der Waals surface area contributed by atoms with Crippen molar-refractivity contribution in [1.29, 1.82) is 0 Å². The molecule has 0 saturated heterocycles. The van der Waals surface area contributed by atoms with Gasteiger partial charge in [-0.25, -0.2) is 4.98 Å². The van der Waals surface area contributed by atoms with Crippen LogP contribution in [-0.4, -0.2) is 24.0 Å². The maximum Gasteiger partial charge on any atom is 0.237 e. The summed E-state index contributed by atoms with van der Waals surface area (Å²) in [6.45, 7) is 6.08. The summed E-state index contributed by atoms with van der Waals surface area (Å²) in [6.07, 6.45) is 1.64. The first-order chi connectivity index (χ1) is 11.8. The molecule has 134 valence electrons. The summed E-state index contributed by atoms with van der Waals surface area (Å²) in [5, 5.41) is 2.85. The third kappa shape index (κ3) is 5.19. The van der Waals surface area contributed by atoms with E-state index in [0.717, 1.165) is 5.56 Å². The molecule has 3 N–H and O–H groups in total. The van der Waals surface area contributed by atoms with Crippen LogP contribution in [0.3, 0.4) is 0 Å². The molecule has 1 aromatic heterocycles. The molecule has 0 unspecified atom stereocenters. The molecular weight excluding hydrogens is 318 g/mol. The van der Waals surface area contributed by atoms with Crippen LogP contribution in [0.4, 0.5) is 0 Å². The number of nitrogens with two attached hydrogens (primary N) is 1. The van der Waals surface area contributed by atoms with Crippen molar-refractivity contribution in [2.24, 2.45) is 11.1 Å². The first-order valence-electron chi connectivity index (χ1n) is 8.10. The summed E-state index contributed by atoms with van der Waals surface area (Å²) < 4.78 is 11.0. The molecule has 0 bridgehead atoms. The van der Waals surface area contributed by atoms with Gasteiger partial charge in [0.05, 0.1) is 13.2 Å². The monoisotopic (exact) mass is 343 g/mol. The second-order valence-corrected chi connectivity index (χ2v) is 6.81. The number of nitrogens with one attached hydrogen (secondary N) is 1. The zero-order valence-corrected chi connectivity index (χ0v) is 15.1. The number of ether oxygens (including phenoxy) is 2. The molecule has 1 atom stereocenters. The number of methoxy groups -OCH3 is 1. The maximum absolute atomic E-state index is 12.2. The molecule has 1 heterocycles. The molecule has 0 radical (unpaired) electrons. The van der Waals surface area contributed by atoms with Gasteiger partial charge in [0.25, 0.3) is 0 Å². The van der Waals surface area contributed by atoms with Crippen LogP contribution < -0.4 is 20.5 Å². The summed E-state index contributed by atoms with van der Waals surface area (Å²) in [6, 6.07) is 10.3. The molecule has 0 saturated carbocycles. The lowest BCUT2D eigenvalue weighted by Crippen LogP contribution is -2.48. The molecule has 0 aliphatic rings. The molecule has 1 aromatic carbocycles. The third-order valence-corrected chi connectivity index (χ3v) is 3.77. The highest BCUT2D eigenvalue weighted by molar-refractivity contribution is 5.82. The van der Waals surface area contributed by atoms with Gasteiger partial charge in [0.15, 0.2) is 0 Å². The van der Waals surface area contributed by atoms with Crippen LogP contribution in [-0.2, 0) is 11.3 Å². The average Bonchev–Trinajstić information content (AvgIpc) is 2.59. The summed E-state index contributed by atoms with van der Waals surface area (Å²) in [5.41, 5.74) is 6.44. The zero-order chi connectivity index (χ0) is 18.4. The van der Waals surface area contributed by atoms with Crippen molar-refractivity contribution < 1.29 is 14.3 Å². The fourth-order valence-electron chi connectivity index (χ4n) is 2.11. The Morgan fingerprint density at radius 3 is 2.64 bits per heavy atom. The number of benzene rings is 1. The van der Waals surface area contributed by atoms with Crippen LogP contribution in [0.15, 0.2) is 42.6 Å². The lowest BCUT2D eigenvalue weighted by atomic mass is 9.87.